The molecular weight excluding hydrogens is 1420 g/mol. The molecular formula is C77H84N14O17S. The Hall–Kier alpha value is -12.2. The Morgan fingerprint density at radius 2 is 0.817 bits per heavy atom. The Morgan fingerprint density at radius 3 is 1.23 bits per heavy atom. The van der Waals surface area contributed by atoms with Crippen molar-refractivity contribution in [2.45, 2.75) is 25.3 Å². The number of unbranched alkanes of at least 4 members (excludes halogenated alkanes) is 1. The number of rotatable bonds is 8. The quantitative estimate of drug-likeness (QED) is 0.0588. The number of benzene rings is 7. The Morgan fingerprint density at radius 1 is 0.431 bits per heavy atom. The first-order valence-corrected chi connectivity index (χ1v) is 36.1. The molecule has 0 radical (unpaired) electrons. The highest BCUT2D eigenvalue weighted by Crippen LogP contribution is 2.43. The van der Waals surface area contributed by atoms with Crippen LogP contribution in [0.4, 0.5) is 5.69 Å². The molecule has 0 saturated heterocycles. The van der Waals surface area contributed by atoms with Crippen LogP contribution in [0, 0.1) is 0 Å². The molecule has 0 fully saturated rings. The Balaban J connectivity index is 0.904. The van der Waals surface area contributed by atoms with E-state index in [0.29, 0.717) is 40.6 Å². The number of aromatic hydroxyl groups is 5. The van der Waals surface area contributed by atoms with Crippen LogP contribution in [0.5, 0.6) is 28.7 Å². The van der Waals surface area contributed by atoms with Crippen LogP contribution < -0.4 is 58.6 Å². The van der Waals surface area contributed by atoms with Gasteiger partial charge in [-0.05, 0) is 122 Å². The van der Waals surface area contributed by atoms with Crippen molar-refractivity contribution in [1.29, 1.82) is 0 Å². The number of carbonyl (C=O) groups excluding carboxylic acids is 8. The van der Waals surface area contributed by atoms with Gasteiger partial charge in [-0.3, -0.25) is 62.8 Å². The van der Waals surface area contributed by atoms with E-state index in [1.54, 1.807) is 24.3 Å². The van der Waals surface area contributed by atoms with Gasteiger partial charge in [0.05, 0.1) is 50.1 Å². The molecule has 6 aromatic rings. The standard InChI is InChI=1S/C77H84N14O17S/c92-47-17-20-50-61(42-47)108-62-43-48(93)18-21-51(62)63(50)49-19-16-45(41-60(49)76(106)107)87-77(109)85-22-2-1-7-46-44-91-36-29-84-73(103)57-13-5-12-56(66(57)96)70(100)80-25-32-89(33-26-83-74(104)58-14-6-15-59(67(58)97)75(105)86-46)38-37-88-30-23-78-68(98)52-8-3-10-54(64(52)94)71(101)81-27-34-90(39-40-91)35-28-82-72(102)55-11-4-9-53(65(55)95)69(99)79-24-31-88/h3-6,8-21,41-43,46,92,94-97H,1-2,7,22-40,44H2,(H,78,98)(H,79,99)(H,80,100)(H,81,101)(H,82,102)(H,83,104)(H,84,103)(H,86,105)(H,106,107)(H2,85,87,109). The number of nitrogens with zero attached hydrogens (tertiary/aromatic N) is 4. The number of carbonyl (C=O) groups is 9. The number of hydrogen-bond donors (Lipinski definition) is 16. The molecule has 109 heavy (non-hydrogen) atoms. The van der Waals surface area contributed by atoms with Crippen LogP contribution in [-0.2, 0) is 0 Å². The Labute approximate surface area is 630 Å². The van der Waals surface area contributed by atoms with Gasteiger partial charge in [-0.15, -0.1) is 0 Å². The number of aromatic carboxylic acids is 1. The Kier molecular flexibility index (Phi) is 26.0. The lowest BCUT2D eigenvalue weighted by atomic mass is 9.90. The summed E-state index contributed by atoms with van der Waals surface area (Å²) in [5.74, 6) is -9.13. The average molecular weight is 1510 g/mol. The maximum Gasteiger partial charge on any atom is 0.336 e. The minimum Gasteiger partial charge on any atom is -0.508 e. The van der Waals surface area contributed by atoms with Crippen molar-refractivity contribution in [2.24, 2.45) is 0 Å². The predicted molar refractivity (Wildman–Crippen MR) is 407 cm³/mol. The number of hydrogen-bond acceptors (Lipinski definition) is 21. The van der Waals surface area contributed by atoms with Crippen LogP contribution in [0.15, 0.2) is 137 Å². The molecule has 8 amide bonds. The number of anilines is 1. The van der Waals surface area contributed by atoms with Gasteiger partial charge >= 0.3 is 5.97 Å². The van der Waals surface area contributed by atoms with Gasteiger partial charge in [0.1, 0.15) is 40.1 Å². The van der Waals surface area contributed by atoms with Gasteiger partial charge < -0.3 is 88.2 Å². The highest BCUT2D eigenvalue weighted by atomic mass is 32.1. The fraction of sp³-hybridized carbons (Fsp3) is 0.312. The lowest BCUT2D eigenvalue weighted by Gasteiger charge is -2.31. The molecule has 1 aliphatic carbocycles. The molecule has 5 aliphatic heterocycles. The largest absolute Gasteiger partial charge is 0.508 e. The number of amides is 8. The van der Waals surface area contributed by atoms with E-state index in [0.717, 1.165) is 0 Å². The second-order valence-electron chi connectivity index (χ2n) is 26.4. The van der Waals surface area contributed by atoms with Gasteiger partial charge in [0.15, 0.2) is 10.5 Å². The number of carboxylic acid groups (broad SMARTS) is 1. The third-order valence-corrected chi connectivity index (χ3v) is 19.3. The average Bonchev–Trinajstić information content (AvgIpc) is 0.748. The third kappa shape index (κ3) is 19.7. The number of fused-ring (bicyclic) bond motifs is 18. The first-order chi connectivity index (χ1) is 52.6. The topological polar surface area (TPSA) is 438 Å². The number of carboxylic acids is 1. The highest BCUT2D eigenvalue weighted by molar-refractivity contribution is 7.80. The highest BCUT2D eigenvalue weighted by Gasteiger charge is 2.29. The molecule has 32 heteroatoms. The maximum absolute atomic E-state index is 14.8. The second kappa shape index (κ2) is 36.4. The lowest BCUT2D eigenvalue weighted by molar-refractivity contribution is 0.0695. The van der Waals surface area contributed by atoms with Crippen molar-refractivity contribution < 1.29 is 78.2 Å². The van der Waals surface area contributed by atoms with Crippen molar-refractivity contribution in [1.82, 2.24) is 67.5 Å². The zero-order valence-electron chi connectivity index (χ0n) is 59.3. The van der Waals surface area contributed by atoms with Gasteiger partial charge in [-0.2, -0.15) is 0 Å². The maximum atomic E-state index is 14.8. The first-order valence-electron chi connectivity index (χ1n) is 35.7. The minimum absolute atomic E-state index is 0.0109. The Bertz CT molecular complexity index is 4730. The monoisotopic (exact) mass is 1510 g/mol. The zero-order valence-corrected chi connectivity index (χ0v) is 60.2. The number of phenols is 5. The van der Waals surface area contributed by atoms with E-state index < -0.39 is 82.3 Å². The van der Waals surface area contributed by atoms with Gasteiger partial charge in [-0.25, -0.2) is 4.79 Å². The molecule has 0 aromatic heterocycles. The molecule has 0 saturated carbocycles. The summed E-state index contributed by atoms with van der Waals surface area (Å²) in [6, 6.07) is 29.3. The van der Waals surface area contributed by atoms with Crippen molar-refractivity contribution in [2.75, 3.05) is 136 Å². The molecule has 12 bridgehead atoms. The summed E-state index contributed by atoms with van der Waals surface area (Å²) >= 11 is 5.72. The normalized spacial score (nSPS) is 19.4. The van der Waals surface area contributed by atoms with Crippen LogP contribution in [0.1, 0.15) is 112 Å². The molecule has 3 unspecified atom stereocenters. The van der Waals surface area contributed by atoms with E-state index in [4.69, 9.17) is 16.6 Å². The van der Waals surface area contributed by atoms with Crippen LogP contribution >= 0.6 is 12.2 Å². The molecule has 16 N–H and O–H groups in total. The van der Waals surface area contributed by atoms with E-state index in [9.17, 15) is 78.6 Å². The van der Waals surface area contributed by atoms with Crippen LogP contribution in [0.3, 0.4) is 0 Å². The molecule has 5 heterocycles. The minimum atomic E-state index is -1.27. The van der Waals surface area contributed by atoms with E-state index in [2.05, 4.69) is 53.2 Å². The smallest absolute Gasteiger partial charge is 0.336 e. The fourth-order valence-corrected chi connectivity index (χ4v) is 13.5. The number of nitrogens with one attached hydrogen (secondary N) is 10. The fourth-order valence-electron chi connectivity index (χ4n) is 13.3. The van der Waals surface area contributed by atoms with Gasteiger partial charge in [0, 0.05) is 171 Å². The van der Waals surface area contributed by atoms with Gasteiger partial charge in [0.2, 0.25) is 0 Å². The number of thiocarbonyl (C=S) groups is 1. The summed E-state index contributed by atoms with van der Waals surface area (Å²) in [5.41, 5.74) is -0.230. The van der Waals surface area contributed by atoms with E-state index in [-0.39, 0.29) is 215 Å². The van der Waals surface area contributed by atoms with Crippen molar-refractivity contribution in [3.8, 4) is 51.2 Å². The number of phenolic OH excluding ortho intramolecular Hbond substituents is 5. The summed E-state index contributed by atoms with van der Waals surface area (Å²) in [6.07, 6.45) is 1.09. The summed E-state index contributed by atoms with van der Waals surface area (Å²) in [4.78, 5) is 146. The molecule has 3 atom stereocenters. The molecule has 6 aliphatic rings. The van der Waals surface area contributed by atoms with E-state index >= 15 is 0 Å². The molecule has 31 nitrogen and oxygen atoms in total. The molecule has 6 aromatic carbocycles. The summed E-state index contributed by atoms with van der Waals surface area (Å²) < 4.78 is 5.99. The van der Waals surface area contributed by atoms with E-state index in [1.807, 2.05) is 19.6 Å². The zero-order chi connectivity index (χ0) is 77.3. The second-order valence-corrected chi connectivity index (χ2v) is 26.8. The lowest BCUT2D eigenvalue weighted by Crippen LogP contribution is -2.49. The van der Waals surface area contributed by atoms with Crippen molar-refractivity contribution in [3.63, 3.8) is 0 Å². The van der Waals surface area contributed by atoms with Gasteiger partial charge in [0.25, 0.3) is 47.3 Å². The van der Waals surface area contributed by atoms with Crippen molar-refractivity contribution in [3.05, 3.63) is 188 Å². The van der Waals surface area contributed by atoms with Crippen molar-refractivity contribution >= 4 is 87.2 Å². The molecule has 12 rings (SSSR count). The third-order valence-electron chi connectivity index (χ3n) is 19.1. The van der Waals surface area contributed by atoms with E-state index in [1.165, 1.54) is 103 Å². The summed E-state index contributed by atoms with van der Waals surface area (Å²) in [6.45, 7) is 1.57. The van der Waals surface area contributed by atoms with Crippen LogP contribution in [0.25, 0.3) is 33.4 Å². The molecule has 570 valence electrons. The summed E-state index contributed by atoms with van der Waals surface area (Å²) in [5, 5.41) is 97.2. The van der Waals surface area contributed by atoms with Gasteiger partial charge in [-0.1, -0.05) is 30.3 Å². The predicted octanol–water partition coefficient (Wildman–Crippen LogP) is 3.50. The summed E-state index contributed by atoms with van der Waals surface area (Å²) in [7, 11) is 0. The number of para-hydroxylation sites is 4. The molecule has 0 spiro atoms. The SMILES string of the molecule is O=C(O)c1cc(NC(=S)NCCCCC2CN3CCNC(=O)c4cccc(c4O)C(=O)NCCN(CCNC(=O)c4cccc(c4O)C(=O)N2)CCN2CCNC(=O)c4cccc(c4O)C(=O)NCCN(CCNC(=O)c4cccc(c4O)C(=O)NCC2)CC3)ccc1-c1c2ccc(=O)cc-2oc2cc(O)ccc12. The first kappa shape index (κ1) is 77.9. The van der Waals surface area contributed by atoms with Crippen LogP contribution in [-0.4, -0.2) is 246 Å². The van der Waals surface area contributed by atoms with Crippen LogP contribution in [0.2, 0.25) is 0 Å².